The second-order valence-electron chi connectivity index (χ2n) is 4.66. The number of rotatable bonds is 3. The number of benzene rings is 2. The molecule has 0 heterocycles. The summed E-state index contributed by atoms with van der Waals surface area (Å²) in [5.41, 5.74) is -0.424. The highest BCUT2D eigenvalue weighted by Crippen LogP contribution is 2.28. The topological polar surface area (TPSA) is 20.2 Å². The van der Waals surface area contributed by atoms with E-state index in [1.165, 1.54) is 13.0 Å². The molecule has 6 heteroatoms. The summed E-state index contributed by atoms with van der Waals surface area (Å²) in [6.45, 7) is 1.41. The number of aryl methyl sites for hydroxylation is 1. The highest BCUT2D eigenvalue weighted by atomic mass is 79.9. The number of halogens is 5. The Bertz CT molecular complexity index is 688. The first-order valence-electron chi connectivity index (χ1n) is 6.07. The van der Waals surface area contributed by atoms with E-state index in [0.717, 1.165) is 12.1 Å². The van der Waals surface area contributed by atoms with E-state index in [2.05, 4.69) is 15.9 Å². The predicted octanol–water partition coefficient (Wildman–Crippen LogP) is 4.59. The molecule has 0 radical (unpaired) electrons. The summed E-state index contributed by atoms with van der Waals surface area (Å²) < 4.78 is 54.3. The lowest BCUT2D eigenvalue weighted by Crippen LogP contribution is -2.09. The highest BCUT2D eigenvalue weighted by Gasteiger charge is 2.20. The molecule has 2 aromatic carbocycles. The van der Waals surface area contributed by atoms with Crippen molar-refractivity contribution in [1.82, 2.24) is 0 Å². The molecule has 0 aliphatic rings. The molecule has 0 aliphatic heterocycles. The summed E-state index contributed by atoms with van der Waals surface area (Å²) in [5.74, 6) is -3.40. The van der Waals surface area contributed by atoms with Crippen LogP contribution in [0.4, 0.5) is 17.6 Å². The minimum absolute atomic E-state index is 0.0434. The molecule has 0 aromatic heterocycles. The van der Waals surface area contributed by atoms with E-state index >= 15 is 0 Å². The van der Waals surface area contributed by atoms with Crippen LogP contribution in [0.25, 0.3) is 0 Å². The van der Waals surface area contributed by atoms with Crippen molar-refractivity contribution in [2.24, 2.45) is 0 Å². The SMILES string of the molecule is Cc1cc(C(O)Cc2c(F)ccc(Br)c2F)c(F)cc1F. The number of aliphatic hydroxyl groups excluding tert-OH is 1. The molecular weight excluding hydrogens is 352 g/mol. The van der Waals surface area contributed by atoms with Gasteiger partial charge in [-0.3, -0.25) is 0 Å². The monoisotopic (exact) mass is 362 g/mol. The molecule has 1 N–H and O–H groups in total. The minimum Gasteiger partial charge on any atom is -0.388 e. The molecule has 0 saturated carbocycles. The van der Waals surface area contributed by atoms with Crippen molar-refractivity contribution in [1.29, 1.82) is 0 Å². The quantitative estimate of drug-likeness (QED) is 0.625. The Morgan fingerprint density at radius 2 is 1.71 bits per heavy atom. The molecule has 21 heavy (non-hydrogen) atoms. The zero-order valence-electron chi connectivity index (χ0n) is 10.9. The van der Waals surface area contributed by atoms with Gasteiger partial charge in [-0.05, 0) is 46.6 Å². The number of hydrogen-bond donors (Lipinski definition) is 1. The fourth-order valence-electron chi connectivity index (χ4n) is 1.99. The van der Waals surface area contributed by atoms with E-state index in [-0.39, 0.29) is 21.2 Å². The van der Waals surface area contributed by atoms with Crippen LogP contribution in [0.15, 0.2) is 28.7 Å². The van der Waals surface area contributed by atoms with Gasteiger partial charge < -0.3 is 5.11 Å². The fourth-order valence-corrected chi connectivity index (χ4v) is 2.37. The molecule has 0 bridgehead atoms. The Balaban J connectivity index is 2.37. The van der Waals surface area contributed by atoms with Crippen LogP contribution in [0.5, 0.6) is 0 Å². The maximum atomic E-state index is 13.8. The maximum Gasteiger partial charge on any atom is 0.143 e. The van der Waals surface area contributed by atoms with Crippen molar-refractivity contribution in [2.45, 2.75) is 19.4 Å². The van der Waals surface area contributed by atoms with Crippen LogP contribution in [-0.4, -0.2) is 5.11 Å². The van der Waals surface area contributed by atoms with Gasteiger partial charge in [0.1, 0.15) is 23.3 Å². The molecule has 1 nitrogen and oxygen atoms in total. The first-order valence-corrected chi connectivity index (χ1v) is 6.86. The van der Waals surface area contributed by atoms with E-state index in [4.69, 9.17) is 0 Å². The predicted molar refractivity (Wildman–Crippen MR) is 73.8 cm³/mol. The standard InChI is InChI=1S/C15H11BrF4O/c1-7-4-8(13(19)6-12(7)18)14(21)5-9-11(17)3-2-10(16)15(9)20/h2-4,6,14,21H,5H2,1H3. The Hall–Kier alpha value is -1.40. The average molecular weight is 363 g/mol. The molecule has 0 spiro atoms. The van der Waals surface area contributed by atoms with Crippen LogP contribution in [0.3, 0.4) is 0 Å². The summed E-state index contributed by atoms with van der Waals surface area (Å²) in [6, 6.07) is 4.01. The molecule has 112 valence electrons. The number of aliphatic hydroxyl groups is 1. The van der Waals surface area contributed by atoms with Crippen molar-refractivity contribution < 1.29 is 22.7 Å². The average Bonchev–Trinajstić information content (AvgIpc) is 2.43. The first kappa shape index (κ1) is 16.0. The second-order valence-corrected chi connectivity index (χ2v) is 5.52. The zero-order valence-corrected chi connectivity index (χ0v) is 12.5. The van der Waals surface area contributed by atoms with Crippen LogP contribution < -0.4 is 0 Å². The highest BCUT2D eigenvalue weighted by molar-refractivity contribution is 9.10. The van der Waals surface area contributed by atoms with Crippen LogP contribution in [-0.2, 0) is 6.42 Å². The van der Waals surface area contributed by atoms with E-state index in [1.54, 1.807) is 0 Å². The van der Waals surface area contributed by atoms with E-state index < -0.39 is 35.8 Å². The largest absolute Gasteiger partial charge is 0.388 e. The second kappa shape index (κ2) is 6.15. The van der Waals surface area contributed by atoms with Crippen LogP contribution in [0.2, 0.25) is 0 Å². The lowest BCUT2D eigenvalue weighted by molar-refractivity contribution is 0.170. The Morgan fingerprint density at radius 1 is 1.05 bits per heavy atom. The third kappa shape index (κ3) is 3.27. The Labute approximate surface area is 127 Å². The van der Waals surface area contributed by atoms with Crippen molar-refractivity contribution >= 4 is 15.9 Å². The van der Waals surface area contributed by atoms with Crippen molar-refractivity contribution in [3.63, 3.8) is 0 Å². The lowest BCUT2D eigenvalue weighted by atomic mass is 9.98. The fraction of sp³-hybridized carbons (Fsp3) is 0.200. The third-order valence-corrected chi connectivity index (χ3v) is 3.79. The van der Waals surface area contributed by atoms with Gasteiger partial charge in [-0.1, -0.05) is 0 Å². The molecule has 1 atom stereocenters. The van der Waals surface area contributed by atoms with Crippen LogP contribution in [0.1, 0.15) is 22.8 Å². The van der Waals surface area contributed by atoms with Gasteiger partial charge in [0.2, 0.25) is 0 Å². The minimum atomic E-state index is -1.48. The van der Waals surface area contributed by atoms with Gasteiger partial charge >= 0.3 is 0 Å². The van der Waals surface area contributed by atoms with Gasteiger partial charge in [0.05, 0.1) is 10.6 Å². The van der Waals surface area contributed by atoms with Gasteiger partial charge in [0, 0.05) is 23.6 Å². The van der Waals surface area contributed by atoms with Crippen LogP contribution in [0, 0.1) is 30.2 Å². The first-order chi connectivity index (χ1) is 9.81. The van der Waals surface area contributed by atoms with E-state index in [9.17, 15) is 22.7 Å². The molecule has 0 fully saturated rings. The molecular formula is C15H11BrF4O. The van der Waals surface area contributed by atoms with Gasteiger partial charge in [0.15, 0.2) is 0 Å². The zero-order chi connectivity index (χ0) is 15.7. The van der Waals surface area contributed by atoms with Crippen molar-refractivity contribution in [2.75, 3.05) is 0 Å². The smallest absolute Gasteiger partial charge is 0.143 e. The van der Waals surface area contributed by atoms with Crippen molar-refractivity contribution in [3.8, 4) is 0 Å². The summed E-state index contributed by atoms with van der Waals surface area (Å²) >= 11 is 2.92. The van der Waals surface area contributed by atoms with Crippen molar-refractivity contribution in [3.05, 3.63) is 68.7 Å². The van der Waals surface area contributed by atoms with E-state index in [1.807, 2.05) is 0 Å². The summed E-state index contributed by atoms with van der Waals surface area (Å²) in [5, 5.41) is 10.00. The molecule has 0 amide bonds. The van der Waals surface area contributed by atoms with Gasteiger partial charge in [0.25, 0.3) is 0 Å². The molecule has 2 aromatic rings. The maximum absolute atomic E-state index is 13.8. The number of hydrogen-bond acceptors (Lipinski definition) is 1. The molecule has 1 unspecified atom stereocenters. The summed E-state index contributed by atoms with van der Waals surface area (Å²) in [6.07, 6.45) is -1.94. The summed E-state index contributed by atoms with van der Waals surface area (Å²) in [4.78, 5) is 0. The Morgan fingerprint density at radius 3 is 2.38 bits per heavy atom. The molecule has 0 saturated heterocycles. The van der Waals surface area contributed by atoms with E-state index in [0.29, 0.717) is 6.07 Å². The van der Waals surface area contributed by atoms with Crippen LogP contribution >= 0.6 is 15.9 Å². The third-order valence-electron chi connectivity index (χ3n) is 3.17. The van der Waals surface area contributed by atoms with Gasteiger partial charge in [-0.2, -0.15) is 0 Å². The molecule has 0 aliphatic carbocycles. The van der Waals surface area contributed by atoms with Gasteiger partial charge in [-0.25, -0.2) is 17.6 Å². The summed E-state index contributed by atoms with van der Waals surface area (Å²) in [7, 11) is 0. The van der Waals surface area contributed by atoms with Gasteiger partial charge in [-0.15, -0.1) is 0 Å². The lowest BCUT2D eigenvalue weighted by Gasteiger charge is -2.15. The normalized spacial score (nSPS) is 12.5. The molecule has 2 rings (SSSR count). The Kier molecular flexibility index (Phi) is 4.68.